The van der Waals surface area contributed by atoms with Gasteiger partial charge in [-0.2, -0.15) is 13.2 Å². The van der Waals surface area contributed by atoms with Crippen molar-refractivity contribution < 1.29 is 18.0 Å². The minimum Gasteiger partial charge on any atom is -0.325 e. The van der Waals surface area contributed by atoms with Crippen molar-refractivity contribution in [1.82, 2.24) is 19.5 Å². The van der Waals surface area contributed by atoms with E-state index in [1.165, 1.54) is 29.1 Å². The molecule has 174 valence electrons. The molecule has 0 aliphatic carbocycles. The average molecular weight is 485 g/mol. The molecular formula is C23H18F3N5O2S. The Morgan fingerprint density at radius 1 is 1.03 bits per heavy atom. The highest BCUT2D eigenvalue weighted by molar-refractivity contribution is 7.99. The van der Waals surface area contributed by atoms with E-state index in [1.807, 2.05) is 30.3 Å². The van der Waals surface area contributed by atoms with Gasteiger partial charge < -0.3 is 5.32 Å². The SMILES string of the molecule is O=C(CSc1nc2nccnc2c(=O)n1CCc1ccccc1)Nc1cccc(C(F)(F)F)c1. The number of fused-ring (bicyclic) bond motifs is 1. The van der Waals surface area contributed by atoms with E-state index in [1.54, 1.807) is 0 Å². The molecule has 0 fully saturated rings. The molecule has 2 aromatic heterocycles. The van der Waals surface area contributed by atoms with Gasteiger partial charge in [0.2, 0.25) is 5.91 Å². The topological polar surface area (TPSA) is 89.8 Å². The van der Waals surface area contributed by atoms with E-state index in [4.69, 9.17) is 0 Å². The first-order chi connectivity index (χ1) is 16.3. The fourth-order valence-corrected chi connectivity index (χ4v) is 4.04. The molecule has 34 heavy (non-hydrogen) atoms. The second-order valence-electron chi connectivity index (χ2n) is 7.23. The molecule has 0 spiro atoms. The van der Waals surface area contributed by atoms with Gasteiger partial charge in [-0.3, -0.25) is 14.2 Å². The Hall–Kier alpha value is -3.73. The van der Waals surface area contributed by atoms with Crippen LogP contribution < -0.4 is 10.9 Å². The van der Waals surface area contributed by atoms with Crippen LogP contribution in [0.5, 0.6) is 0 Å². The van der Waals surface area contributed by atoms with Gasteiger partial charge in [0.1, 0.15) is 0 Å². The summed E-state index contributed by atoms with van der Waals surface area (Å²) in [5, 5.41) is 2.72. The molecule has 0 bridgehead atoms. The summed E-state index contributed by atoms with van der Waals surface area (Å²) < 4.78 is 40.2. The van der Waals surface area contributed by atoms with Crippen LogP contribution in [0.1, 0.15) is 11.1 Å². The second-order valence-corrected chi connectivity index (χ2v) is 8.17. The van der Waals surface area contributed by atoms with Crippen LogP contribution in [0.4, 0.5) is 18.9 Å². The molecule has 0 radical (unpaired) electrons. The van der Waals surface area contributed by atoms with Gasteiger partial charge in [-0.05, 0) is 30.2 Å². The summed E-state index contributed by atoms with van der Waals surface area (Å²) in [6.07, 6.45) is -1.14. The first-order valence-electron chi connectivity index (χ1n) is 10.2. The summed E-state index contributed by atoms with van der Waals surface area (Å²) in [7, 11) is 0. The van der Waals surface area contributed by atoms with Crippen LogP contribution in [0.25, 0.3) is 11.2 Å². The normalized spacial score (nSPS) is 11.5. The van der Waals surface area contributed by atoms with Crippen LogP contribution in [-0.4, -0.2) is 31.2 Å². The zero-order valence-corrected chi connectivity index (χ0v) is 18.4. The number of aromatic nitrogens is 4. The number of nitrogens with zero attached hydrogens (tertiary/aromatic N) is 4. The summed E-state index contributed by atoms with van der Waals surface area (Å²) in [5.74, 6) is -0.702. The number of amides is 1. The fourth-order valence-electron chi connectivity index (χ4n) is 3.22. The Kier molecular flexibility index (Phi) is 6.92. The van der Waals surface area contributed by atoms with Gasteiger partial charge in [0, 0.05) is 24.6 Å². The van der Waals surface area contributed by atoms with E-state index < -0.39 is 17.6 Å². The minimum absolute atomic E-state index is 0.0271. The van der Waals surface area contributed by atoms with Gasteiger partial charge in [-0.1, -0.05) is 48.2 Å². The lowest BCUT2D eigenvalue weighted by Gasteiger charge is -2.13. The van der Waals surface area contributed by atoms with Crippen molar-refractivity contribution in [3.63, 3.8) is 0 Å². The minimum atomic E-state index is -4.51. The van der Waals surface area contributed by atoms with Crippen LogP contribution >= 0.6 is 11.8 Å². The van der Waals surface area contributed by atoms with E-state index in [-0.39, 0.29) is 33.3 Å². The van der Waals surface area contributed by atoms with Crippen molar-refractivity contribution in [2.24, 2.45) is 0 Å². The molecule has 4 rings (SSSR count). The summed E-state index contributed by atoms with van der Waals surface area (Å²) in [6, 6.07) is 14.0. The molecule has 1 amide bonds. The van der Waals surface area contributed by atoms with E-state index in [2.05, 4.69) is 20.3 Å². The maximum atomic E-state index is 13.0. The molecule has 2 aromatic carbocycles. The smallest absolute Gasteiger partial charge is 0.325 e. The lowest BCUT2D eigenvalue weighted by Crippen LogP contribution is -2.26. The van der Waals surface area contributed by atoms with Crippen LogP contribution in [0.2, 0.25) is 0 Å². The summed E-state index contributed by atoms with van der Waals surface area (Å²) in [4.78, 5) is 38.0. The Labute approximate surface area is 196 Å². The van der Waals surface area contributed by atoms with Gasteiger partial charge in [-0.25, -0.2) is 15.0 Å². The highest BCUT2D eigenvalue weighted by Gasteiger charge is 2.30. The third-order valence-corrected chi connectivity index (χ3v) is 5.81. The number of alkyl halides is 3. The molecule has 0 unspecified atom stereocenters. The Morgan fingerprint density at radius 3 is 2.56 bits per heavy atom. The number of carbonyl (C=O) groups excluding carboxylic acids is 1. The van der Waals surface area contributed by atoms with Crippen molar-refractivity contribution >= 4 is 34.5 Å². The molecule has 7 nitrogen and oxygen atoms in total. The number of aryl methyl sites for hydroxylation is 1. The molecular weight excluding hydrogens is 467 g/mol. The first-order valence-corrected chi connectivity index (χ1v) is 11.2. The number of hydrogen-bond acceptors (Lipinski definition) is 6. The van der Waals surface area contributed by atoms with Crippen molar-refractivity contribution in [1.29, 1.82) is 0 Å². The molecule has 2 heterocycles. The van der Waals surface area contributed by atoms with E-state index in [0.717, 1.165) is 29.5 Å². The van der Waals surface area contributed by atoms with Crippen LogP contribution in [-0.2, 0) is 23.9 Å². The number of nitrogens with one attached hydrogen (secondary N) is 1. The summed E-state index contributed by atoms with van der Waals surface area (Å²) >= 11 is 0.998. The Bertz CT molecular complexity index is 1380. The summed E-state index contributed by atoms with van der Waals surface area (Å²) in [6.45, 7) is 0.305. The second kappa shape index (κ2) is 10.0. The standard InChI is InChI=1S/C23H18F3N5O2S/c24-23(25,26)16-7-4-8-17(13-16)29-18(32)14-34-22-30-20-19(27-10-11-28-20)21(33)31(22)12-9-15-5-2-1-3-6-15/h1-8,10-11,13H,9,12,14H2,(H,29,32). The van der Waals surface area contributed by atoms with E-state index in [9.17, 15) is 22.8 Å². The third-order valence-electron chi connectivity index (χ3n) is 4.83. The predicted octanol–water partition coefficient (Wildman–Crippen LogP) is 4.18. The third kappa shape index (κ3) is 5.60. The number of hydrogen-bond donors (Lipinski definition) is 1. The zero-order valence-electron chi connectivity index (χ0n) is 17.6. The Balaban J connectivity index is 1.53. The van der Waals surface area contributed by atoms with Gasteiger partial charge >= 0.3 is 6.18 Å². The van der Waals surface area contributed by atoms with Gasteiger partial charge in [0.25, 0.3) is 5.56 Å². The maximum absolute atomic E-state index is 13.0. The molecule has 4 aromatic rings. The Morgan fingerprint density at radius 2 is 1.79 bits per heavy atom. The molecule has 0 saturated heterocycles. The zero-order chi connectivity index (χ0) is 24.1. The average Bonchev–Trinajstić information content (AvgIpc) is 2.82. The number of carbonyl (C=O) groups is 1. The lowest BCUT2D eigenvalue weighted by atomic mass is 10.1. The maximum Gasteiger partial charge on any atom is 0.416 e. The number of rotatable bonds is 7. The molecule has 0 aliphatic heterocycles. The highest BCUT2D eigenvalue weighted by atomic mass is 32.2. The van der Waals surface area contributed by atoms with E-state index in [0.29, 0.717) is 13.0 Å². The quantitative estimate of drug-likeness (QED) is 0.312. The number of halogens is 3. The van der Waals surface area contributed by atoms with Crippen molar-refractivity contribution in [2.75, 3.05) is 11.1 Å². The van der Waals surface area contributed by atoms with Crippen LogP contribution in [0.3, 0.4) is 0 Å². The van der Waals surface area contributed by atoms with Gasteiger partial charge in [-0.15, -0.1) is 0 Å². The van der Waals surface area contributed by atoms with Crippen molar-refractivity contribution in [3.05, 3.63) is 88.5 Å². The largest absolute Gasteiger partial charge is 0.416 e. The number of anilines is 1. The number of benzene rings is 2. The molecule has 0 atom stereocenters. The molecule has 11 heteroatoms. The lowest BCUT2D eigenvalue weighted by molar-refractivity contribution is -0.137. The molecule has 0 saturated carbocycles. The first kappa shape index (κ1) is 23.4. The molecule has 0 aliphatic rings. The van der Waals surface area contributed by atoms with Gasteiger partial charge in [0.05, 0.1) is 11.3 Å². The number of thioether (sulfide) groups is 1. The highest BCUT2D eigenvalue weighted by Crippen LogP contribution is 2.30. The van der Waals surface area contributed by atoms with Crippen molar-refractivity contribution in [3.8, 4) is 0 Å². The van der Waals surface area contributed by atoms with Gasteiger partial charge in [0.15, 0.2) is 16.3 Å². The predicted molar refractivity (Wildman–Crippen MR) is 123 cm³/mol. The van der Waals surface area contributed by atoms with Crippen LogP contribution in [0.15, 0.2) is 76.9 Å². The van der Waals surface area contributed by atoms with E-state index >= 15 is 0 Å². The fraction of sp³-hybridized carbons (Fsp3) is 0.174. The van der Waals surface area contributed by atoms with Crippen molar-refractivity contribution in [2.45, 2.75) is 24.3 Å². The molecule has 1 N–H and O–H groups in total. The monoisotopic (exact) mass is 485 g/mol. The van der Waals surface area contributed by atoms with Crippen LogP contribution in [0, 0.1) is 0 Å². The summed E-state index contributed by atoms with van der Waals surface area (Å²) in [5.41, 5.74) is 0.0842.